The molecule has 0 saturated carbocycles. The van der Waals surface area contributed by atoms with Crippen molar-refractivity contribution in [3.8, 4) is 0 Å². The average molecular weight is 520 g/mol. The predicted molar refractivity (Wildman–Crippen MR) is 141 cm³/mol. The Hall–Kier alpha value is -3.81. The van der Waals surface area contributed by atoms with Crippen LogP contribution in [0.2, 0.25) is 0 Å². The van der Waals surface area contributed by atoms with Crippen molar-refractivity contribution in [2.45, 2.75) is 58.2 Å². The van der Waals surface area contributed by atoms with E-state index in [1.54, 1.807) is 18.2 Å². The van der Waals surface area contributed by atoms with Gasteiger partial charge in [-0.25, -0.2) is 4.39 Å². The molecule has 1 fully saturated rings. The summed E-state index contributed by atoms with van der Waals surface area (Å²) in [5.74, 6) is -2.51. The molecular formula is C30H34FN3O4. The molecule has 0 bridgehead atoms. The zero-order valence-corrected chi connectivity index (χ0v) is 21.8. The smallest absolute Gasteiger partial charge is 0.243 e. The SMILES string of the molecule is CC(C)NC(=O)C(Cc1ccccc1)N(Cc1ccccc1F)C(=O)CCN1C(=O)[C@H]2CC=CC[C@H]2C1=O. The summed E-state index contributed by atoms with van der Waals surface area (Å²) < 4.78 is 14.7. The Morgan fingerprint density at radius 1 is 0.974 bits per heavy atom. The van der Waals surface area contributed by atoms with Gasteiger partial charge < -0.3 is 10.2 Å². The standard InChI is InChI=1S/C30H34FN3O4/c1-20(2)32-28(36)26(18-21-10-4-3-5-11-21)34(19-22-12-6-9-15-25(22)31)27(35)16-17-33-29(37)23-13-7-8-14-24(23)30(33)38/h3-12,15,20,23-24,26H,13-14,16-19H2,1-2H3,(H,32,36)/t23-,24+,26?. The maximum absolute atomic E-state index is 14.7. The van der Waals surface area contributed by atoms with Crippen LogP contribution in [0.3, 0.4) is 0 Å². The molecule has 7 nitrogen and oxygen atoms in total. The van der Waals surface area contributed by atoms with Crippen LogP contribution < -0.4 is 5.32 Å². The van der Waals surface area contributed by atoms with Gasteiger partial charge in [-0.15, -0.1) is 0 Å². The van der Waals surface area contributed by atoms with E-state index in [1.807, 2.05) is 56.3 Å². The second kappa shape index (κ2) is 12.2. The van der Waals surface area contributed by atoms with E-state index in [9.17, 15) is 23.6 Å². The van der Waals surface area contributed by atoms with E-state index in [2.05, 4.69) is 5.32 Å². The van der Waals surface area contributed by atoms with Crippen LogP contribution >= 0.6 is 0 Å². The largest absolute Gasteiger partial charge is 0.352 e. The van der Waals surface area contributed by atoms with Gasteiger partial charge in [-0.1, -0.05) is 60.7 Å². The summed E-state index contributed by atoms with van der Waals surface area (Å²) in [6, 6.07) is 14.4. The normalized spacial score (nSPS) is 19.4. The number of rotatable bonds is 10. The first-order chi connectivity index (χ1) is 18.3. The van der Waals surface area contributed by atoms with Crippen molar-refractivity contribution in [1.29, 1.82) is 0 Å². The molecule has 0 spiro atoms. The number of carbonyl (C=O) groups excluding carboxylic acids is 4. The number of allylic oxidation sites excluding steroid dienone is 2. The molecule has 200 valence electrons. The van der Waals surface area contributed by atoms with E-state index in [-0.39, 0.29) is 67.1 Å². The molecule has 4 rings (SSSR count). The maximum atomic E-state index is 14.7. The van der Waals surface area contributed by atoms with Gasteiger partial charge in [0.2, 0.25) is 23.6 Å². The molecule has 1 saturated heterocycles. The molecule has 3 atom stereocenters. The van der Waals surface area contributed by atoms with Crippen LogP contribution in [0.5, 0.6) is 0 Å². The van der Waals surface area contributed by atoms with Gasteiger partial charge >= 0.3 is 0 Å². The number of imide groups is 1. The van der Waals surface area contributed by atoms with Gasteiger partial charge in [0.05, 0.1) is 11.8 Å². The van der Waals surface area contributed by atoms with E-state index >= 15 is 0 Å². The van der Waals surface area contributed by atoms with Crippen LogP contribution in [0, 0.1) is 17.7 Å². The fourth-order valence-corrected chi connectivity index (χ4v) is 5.19. The van der Waals surface area contributed by atoms with Crippen molar-refractivity contribution in [2.24, 2.45) is 11.8 Å². The molecule has 1 unspecified atom stereocenters. The lowest BCUT2D eigenvalue weighted by Crippen LogP contribution is -2.52. The lowest BCUT2D eigenvalue weighted by molar-refractivity contribution is -0.144. The summed E-state index contributed by atoms with van der Waals surface area (Å²) in [4.78, 5) is 55.5. The second-order valence-corrected chi connectivity index (χ2v) is 10.2. The second-order valence-electron chi connectivity index (χ2n) is 10.2. The molecule has 2 aromatic carbocycles. The van der Waals surface area contributed by atoms with Gasteiger partial charge in [-0.2, -0.15) is 0 Å². The topological polar surface area (TPSA) is 86.8 Å². The van der Waals surface area contributed by atoms with Gasteiger partial charge in [-0.3, -0.25) is 24.1 Å². The molecule has 38 heavy (non-hydrogen) atoms. The van der Waals surface area contributed by atoms with E-state index in [0.29, 0.717) is 12.8 Å². The number of benzene rings is 2. The Bertz CT molecular complexity index is 1190. The van der Waals surface area contributed by atoms with E-state index in [1.165, 1.54) is 15.9 Å². The maximum Gasteiger partial charge on any atom is 0.243 e. The first kappa shape index (κ1) is 27.2. The third-order valence-corrected chi connectivity index (χ3v) is 7.15. The van der Waals surface area contributed by atoms with Gasteiger partial charge in [0.25, 0.3) is 0 Å². The quantitative estimate of drug-likeness (QED) is 0.384. The molecule has 1 N–H and O–H groups in total. The first-order valence-corrected chi connectivity index (χ1v) is 13.1. The molecular weight excluding hydrogens is 485 g/mol. The van der Waals surface area contributed by atoms with Gasteiger partial charge in [0.15, 0.2) is 0 Å². The molecule has 1 heterocycles. The van der Waals surface area contributed by atoms with Crippen LogP contribution in [0.15, 0.2) is 66.7 Å². The third kappa shape index (κ3) is 6.18. The summed E-state index contributed by atoms with van der Waals surface area (Å²) in [7, 11) is 0. The zero-order valence-electron chi connectivity index (χ0n) is 21.8. The lowest BCUT2D eigenvalue weighted by Gasteiger charge is -2.32. The Kier molecular flexibility index (Phi) is 8.71. The number of likely N-dealkylation sites (tertiary alicyclic amines) is 1. The molecule has 0 radical (unpaired) electrons. The number of hydrogen-bond acceptors (Lipinski definition) is 4. The van der Waals surface area contributed by atoms with Crippen LogP contribution in [-0.4, -0.2) is 52.1 Å². The lowest BCUT2D eigenvalue weighted by atomic mass is 9.85. The molecule has 8 heteroatoms. The van der Waals surface area contributed by atoms with Crippen LogP contribution in [0.25, 0.3) is 0 Å². The van der Waals surface area contributed by atoms with E-state index < -0.39 is 17.8 Å². The molecule has 4 amide bonds. The summed E-state index contributed by atoms with van der Waals surface area (Å²) in [6.45, 7) is 3.48. The van der Waals surface area contributed by atoms with E-state index in [4.69, 9.17) is 0 Å². The summed E-state index contributed by atoms with van der Waals surface area (Å²) >= 11 is 0. The highest BCUT2D eigenvalue weighted by Gasteiger charge is 2.47. The Labute approximate surface area is 222 Å². The molecule has 1 aliphatic carbocycles. The summed E-state index contributed by atoms with van der Waals surface area (Å²) in [6.07, 6.45) is 4.95. The van der Waals surface area contributed by atoms with Gasteiger partial charge in [0, 0.05) is 37.5 Å². The summed E-state index contributed by atoms with van der Waals surface area (Å²) in [5, 5.41) is 2.89. The van der Waals surface area contributed by atoms with Crippen LogP contribution in [0.1, 0.15) is 44.2 Å². The van der Waals surface area contributed by atoms with Crippen molar-refractivity contribution >= 4 is 23.6 Å². The van der Waals surface area contributed by atoms with Crippen molar-refractivity contribution in [3.63, 3.8) is 0 Å². The van der Waals surface area contributed by atoms with Gasteiger partial charge in [0.1, 0.15) is 11.9 Å². The van der Waals surface area contributed by atoms with Crippen LogP contribution in [0.4, 0.5) is 4.39 Å². The minimum Gasteiger partial charge on any atom is -0.352 e. The van der Waals surface area contributed by atoms with Crippen LogP contribution in [-0.2, 0) is 32.1 Å². The molecule has 2 aromatic rings. The summed E-state index contributed by atoms with van der Waals surface area (Å²) in [5.41, 5.74) is 1.13. The van der Waals surface area contributed by atoms with Crippen molar-refractivity contribution < 1.29 is 23.6 Å². The average Bonchev–Trinajstić information content (AvgIpc) is 3.15. The minimum absolute atomic E-state index is 0.0683. The predicted octanol–water partition coefficient (Wildman–Crippen LogP) is 3.63. The Morgan fingerprint density at radius 2 is 1.58 bits per heavy atom. The fourth-order valence-electron chi connectivity index (χ4n) is 5.19. The molecule has 2 aliphatic rings. The molecule has 0 aromatic heterocycles. The van der Waals surface area contributed by atoms with E-state index in [0.717, 1.165) is 5.56 Å². The van der Waals surface area contributed by atoms with Crippen molar-refractivity contribution in [3.05, 3.63) is 83.7 Å². The Balaban J connectivity index is 1.59. The third-order valence-electron chi connectivity index (χ3n) is 7.15. The number of halogens is 1. The van der Waals surface area contributed by atoms with Gasteiger partial charge in [-0.05, 0) is 38.3 Å². The number of amides is 4. The Morgan fingerprint density at radius 3 is 2.18 bits per heavy atom. The monoisotopic (exact) mass is 519 g/mol. The van der Waals surface area contributed by atoms with Crippen molar-refractivity contribution in [1.82, 2.24) is 15.1 Å². The number of nitrogens with one attached hydrogen (secondary N) is 1. The number of fused-ring (bicyclic) bond motifs is 1. The highest BCUT2D eigenvalue weighted by molar-refractivity contribution is 6.05. The minimum atomic E-state index is -0.913. The molecule has 1 aliphatic heterocycles. The highest BCUT2D eigenvalue weighted by atomic mass is 19.1. The number of hydrogen-bond donors (Lipinski definition) is 1. The number of nitrogens with zero attached hydrogens (tertiary/aromatic N) is 2. The first-order valence-electron chi connectivity index (χ1n) is 13.1. The zero-order chi connectivity index (χ0) is 27.2. The van der Waals surface area contributed by atoms with Crippen molar-refractivity contribution in [2.75, 3.05) is 6.54 Å². The fraction of sp³-hybridized carbons (Fsp3) is 0.400. The number of carbonyl (C=O) groups is 4. The highest BCUT2D eigenvalue weighted by Crippen LogP contribution is 2.35.